The highest BCUT2D eigenvalue weighted by Gasteiger charge is 2.11. The number of aryl methyl sites for hydroxylation is 1. The lowest BCUT2D eigenvalue weighted by Crippen LogP contribution is -2.20. The van der Waals surface area contributed by atoms with Crippen LogP contribution in [0.25, 0.3) is 0 Å². The number of nitrogens with one attached hydrogen (secondary N) is 1. The summed E-state index contributed by atoms with van der Waals surface area (Å²) in [6, 6.07) is 14.0. The average Bonchev–Trinajstić information content (AvgIpc) is 2.41. The van der Waals surface area contributed by atoms with Crippen molar-refractivity contribution in [3.8, 4) is 0 Å². The maximum absolute atomic E-state index is 5.91. The predicted molar refractivity (Wildman–Crippen MR) is 85.7 cm³/mol. The Bertz CT molecular complexity index is 555. The van der Waals surface area contributed by atoms with E-state index in [4.69, 9.17) is 17.3 Å². The molecule has 0 aliphatic heterocycles. The summed E-state index contributed by atoms with van der Waals surface area (Å²) in [7, 11) is 0. The highest BCUT2D eigenvalue weighted by molar-refractivity contribution is 9.10. The molecule has 4 heteroatoms. The number of hydrogen-bond donors (Lipinski definition) is 2. The molecule has 0 aliphatic carbocycles. The summed E-state index contributed by atoms with van der Waals surface area (Å²) >= 11 is 9.45. The molecule has 0 aromatic heterocycles. The van der Waals surface area contributed by atoms with Crippen molar-refractivity contribution in [1.82, 2.24) is 0 Å². The van der Waals surface area contributed by atoms with Crippen LogP contribution in [0.2, 0.25) is 5.02 Å². The van der Waals surface area contributed by atoms with Crippen LogP contribution in [-0.2, 0) is 0 Å². The van der Waals surface area contributed by atoms with Crippen LogP contribution < -0.4 is 11.1 Å². The van der Waals surface area contributed by atoms with Gasteiger partial charge in [0.2, 0.25) is 0 Å². The van der Waals surface area contributed by atoms with Gasteiger partial charge in [0, 0.05) is 21.7 Å². The van der Waals surface area contributed by atoms with Gasteiger partial charge in [0.25, 0.3) is 0 Å². The van der Waals surface area contributed by atoms with Crippen molar-refractivity contribution in [2.75, 3.05) is 11.9 Å². The Kier molecular flexibility index (Phi) is 4.86. The lowest BCUT2D eigenvalue weighted by molar-refractivity contribution is 0.789. The van der Waals surface area contributed by atoms with Gasteiger partial charge in [-0.05, 0) is 58.2 Å². The van der Waals surface area contributed by atoms with Gasteiger partial charge < -0.3 is 11.1 Å². The molecule has 0 bridgehead atoms. The van der Waals surface area contributed by atoms with E-state index >= 15 is 0 Å². The Hall–Kier alpha value is -1.03. The predicted octanol–water partition coefficient (Wildman–Crippen LogP) is 4.52. The molecule has 1 unspecified atom stereocenters. The number of halogens is 2. The third kappa shape index (κ3) is 3.72. The van der Waals surface area contributed by atoms with Crippen molar-refractivity contribution in [2.45, 2.75) is 13.0 Å². The topological polar surface area (TPSA) is 38.0 Å². The molecule has 2 aromatic carbocycles. The van der Waals surface area contributed by atoms with E-state index < -0.39 is 0 Å². The average molecular weight is 340 g/mol. The molecule has 0 fully saturated rings. The van der Waals surface area contributed by atoms with Gasteiger partial charge in [-0.2, -0.15) is 0 Å². The standard InChI is InChI=1S/C15H16BrClN2/c1-10-2-7-13(16)14(8-10)19-15(9-18)11-3-5-12(17)6-4-11/h2-8,15,19H,9,18H2,1H3. The maximum Gasteiger partial charge on any atom is 0.0636 e. The Morgan fingerprint density at radius 2 is 1.89 bits per heavy atom. The van der Waals surface area contributed by atoms with Crippen molar-refractivity contribution < 1.29 is 0 Å². The van der Waals surface area contributed by atoms with Crippen molar-refractivity contribution in [3.63, 3.8) is 0 Å². The third-order valence-corrected chi connectivity index (χ3v) is 3.90. The first kappa shape index (κ1) is 14.4. The summed E-state index contributed by atoms with van der Waals surface area (Å²) in [5.41, 5.74) is 9.25. The van der Waals surface area contributed by atoms with Crippen molar-refractivity contribution >= 4 is 33.2 Å². The molecule has 100 valence electrons. The fourth-order valence-electron chi connectivity index (χ4n) is 1.91. The van der Waals surface area contributed by atoms with Crippen LogP contribution in [0.15, 0.2) is 46.9 Å². The number of hydrogen-bond acceptors (Lipinski definition) is 2. The molecular formula is C15H16BrClN2. The van der Waals surface area contributed by atoms with Crippen LogP contribution in [0, 0.1) is 6.92 Å². The van der Waals surface area contributed by atoms with E-state index in [1.54, 1.807) is 0 Å². The molecule has 0 saturated carbocycles. The monoisotopic (exact) mass is 338 g/mol. The second-order valence-corrected chi connectivity index (χ2v) is 5.76. The van der Waals surface area contributed by atoms with E-state index in [1.807, 2.05) is 30.3 Å². The van der Waals surface area contributed by atoms with Gasteiger partial charge in [0.1, 0.15) is 0 Å². The SMILES string of the molecule is Cc1ccc(Br)c(NC(CN)c2ccc(Cl)cc2)c1. The number of nitrogens with two attached hydrogens (primary N) is 1. The molecule has 0 radical (unpaired) electrons. The van der Waals surface area contributed by atoms with Crippen LogP contribution in [0.3, 0.4) is 0 Å². The molecule has 0 saturated heterocycles. The third-order valence-electron chi connectivity index (χ3n) is 2.96. The maximum atomic E-state index is 5.91. The second kappa shape index (κ2) is 6.42. The van der Waals surface area contributed by atoms with E-state index in [9.17, 15) is 0 Å². The summed E-state index contributed by atoms with van der Waals surface area (Å²) in [4.78, 5) is 0. The van der Waals surface area contributed by atoms with Crippen LogP contribution >= 0.6 is 27.5 Å². The van der Waals surface area contributed by atoms with Crippen LogP contribution in [-0.4, -0.2) is 6.54 Å². The molecule has 2 nitrogen and oxygen atoms in total. The first-order valence-electron chi connectivity index (χ1n) is 6.08. The van der Waals surface area contributed by atoms with Crippen LogP contribution in [0.5, 0.6) is 0 Å². The lowest BCUT2D eigenvalue weighted by atomic mass is 10.1. The quantitative estimate of drug-likeness (QED) is 0.859. The first-order chi connectivity index (χ1) is 9.10. The molecule has 2 aromatic rings. The summed E-state index contributed by atoms with van der Waals surface area (Å²) in [5.74, 6) is 0. The zero-order valence-electron chi connectivity index (χ0n) is 10.7. The summed E-state index contributed by atoms with van der Waals surface area (Å²) in [5, 5.41) is 4.19. The Morgan fingerprint density at radius 1 is 1.21 bits per heavy atom. The molecule has 0 spiro atoms. The summed E-state index contributed by atoms with van der Waals surface area (Å²) in [6.07, 6.45) is 0. The lowest BCUT2D eigenvalue weighted by Gasteiger charge is -2.20. The molecular weight excluding hydrogens is 324 g/mol. The van der Waals surface area contributed by atoms with Crippen molar-refractivity contribution in [1.29, 1.82) is 0 Å². The molecule has 0 aliphatic rings. The minimum Gasteiger partial charge on any atom is -0.376 e. The van der Waals surface area contributed by atoms with E-state index in [2.05, 4.69) is 40.3 Å². The number of benzene rings is 2. The second-order valence-electron chi connectivity index (χ2n) is 4.47. The van der Waals surface area contributed by atoms with E-state index in [1.165, 1.54) is 5.56 Å². The van der Waals surface area contributed by atoms with Gasteiger partial charge in [-0.1, -0.05) is 29.8 Å². The largest absolute Gasteiger partial charge is 0.376 e. The number of rotatable bonds is 4. The summed E-state index contributed by atoms with van der Waals surface area (Å²) in [6.45, 7) is 2.58. The van der Waals surface area contributed by atoms with E-state index in [0.717, 1.165) is 20.7 Å². The Labute approximate surface area is 127 Å². The van der Waals surface area contributed by atoms with Crippen LogP contribution in [0.1, 0.15) is 17.2 Å². The minimum atomic E-state index is 0.0652. The molecule has 19 heavy (non-hydrogen) atoms. The van der Waals surface area contributed by atoms with Crippen LogP contribution in [0.4, 0.5) is 5.69 Å². The smallest absolute Gasteiger partial charge is 0.0636 e. The fourth-order valence-corrected chi connectivity index (χ4v) is 2.40. The molecule has 0 heterocycles. The fraction of sp³-hybridized carbons (Fsp3) is 0.200. The zero-order chi connectivity index (χ0) is 13.8. The Morgan fingerprint density at radius 3 is 2.53 bits per heavy atom. The first-order valence-corrected chi connectivity index (χ1v) is 7.25. The Balaban J connectivity index is 2.23. The van der Waals surface area contributed by atoms with Crippen molar-refractivity contribution in [3.05, 3.63) is 63.1 Å². The van der Waals surface area contributed by atoms with Gasteiger partial charge in [-0.25, -0.2) is 0 Å². The zero-order valence-corrected chi connectivity index (χ0v) is 13.0. The normalized spacial score (nSPS) is 12.2. The van der Waals surface area contributed by atoms with Gasteiger partial charge in [0.05, 0.1) is 6.04 Å². The molecule has 1 atom stereocenters. The van der Waals surface area contributed by atoms with E-state index in [0.29, 0.717) is 6.54 Å². The van der Waals surface area contributed by atoms with Gasteiger partial charge >= 0.3 is 0 Å². The van der Waals surface area contributed by atoms with Gasteiger partial charge in [-0.15, -0.1) is 0 Å². The molecule has 0 amide bonds. The highest BCUT2D eigenvalue weighted by atomic mass is 79.9. The highest BCUT2D eigenvalue weighted by Crippen LogP contribution is 2.27. The summed E-state index contributed by atoms with van der Waals surface area (Å²) < 4.78 is 1.03. The van der Waals surface area contributed by atoms with E-state index in [-0.39, 0.29) is 6.04 Å². The number of anilines is 1. The van der Waals surface area contributed by atoms with Gasteiger partial charge in [-0.3, -0.25) is 0 Å². The van der Waals surface area contributed by atoms with Crippen molar-refractivity contribution in [2.24, 2.45) is 5.73 Å². The molecule has 3 N–H and O–H groups in total. The molecule has 2 rings (SSSR count). The van der Waals surface area contributed by atoms with Gasteiger partial charge in [0.15, 0.2) is 0 Å². The minimum absolute atomic E-state index is 0.0652.